The second-order valence-electron chi connectivity index (χ2n) is 7.69. The fourth-order valence-corrected chi connectivity index (χ4v) is 3.11. The third-order valence-corrected chi connectivity index (χ3v) is 4.84. The highest BCUT2D eigenvalue weighted by molar-refractivity contribution is 6.04. The van der Waals surface area contributed by atoms with Crippen LogP contribution in [0.2, 0.25) is 0 Å². The number of benzene rings is 2. The Bertz CT molecular complexity index is 1160. The van der Waals surface area contributed by atoms with Gasteiger partial charge >= 0.3 is 0 Å². The minimum atomic E-state index is -0.529. The normalized spacial score (nSPS) is 10.6. The highest BCUT2D eigenvalue weighted by Crippen LogP contribution is 2.39. The monoisotopic (exact) mass is 468 g/mol. The van der Waals surface area contributed by atoms with E-state index in [1.807, 2.05) is 20.8 Å². The zero-order chi connectivity index (χ0) is 24.8. The lowest BCUT2D eigenvalue weighted by Gasteiger charge is -2.15. The number of amides is 2. The maximum atomic E-state index is 12.8. The van der Waals surface area contributed by atoms with Crippen LogP contribution in [0.15, 0.2) is 46.9 Å². The molecule has 2 N–H and O–H groups in total. The van der Waals surface area contributed by atoms with E-state index in [1.165, 1.54) is 33.5 Å². The fourth-order valence-electron chi connectivity index (χ4n) is 3.11. The van der Waals surface area contributed by atoms with Gasteiger partial charge in [0.05, 0.1) is 21.3 Å². The van der Waals surface area contributed by atoms with Crippen LogP contribution in [0, 0.1) is 6.92 Å². The van der Waals surface area contributed by atoms with Gasteiger partial charge < -0.3 is 34.0 Å². The molecule has 2 aromatic carbocycles. The molecule has 1 heterocycles. The van der Waals surface area contributed by atoms with Crippen molar-refractivity contribution < 1.29 is 33.0 Å². The molecule has 0 fully saturated rings. The van der Waals surface area contributed by atoms with Crippen molar-refractivity contribution in [1.29, 1.82) is 0 Å². The molecule has 0 unspecified atom stereocenters. The Balaban J connectivity index is 1.79. The van der Waals surface area contributed by atoms with Crippen molar-refractivity contribution in [3.05, 3.63) is 59.4 Å². The topological polar surface area (TPSA) is 108 Å². The Labute approximate surface area is 198 Å². The van der Waals surface area contributed by atoms with Crippen LogP contribution >= 0.6 is 0 Å². The van der Waals surface area contributed by atoms with Crippen LogP contribution in [0.3, 0.4) is 0 Å². The lowest BCUT2D eigenvalue weighted by atomic mass is 10.1. The van der Waals surface area contributed by atoms with Crippen LogP contribution in [-0.4, -0.2) is 39.2 Å². The van der Waals surface area contributed by atoms with E-state index in [-0.39, 0.29) is 23.7 Å². The third-order valence-electron chi connectivity index (χ3n) is 4.84. The minimum absolute atomic E-state index is 0.00673. The number of aryl methyl sites for hydroxylation is 1. The first kappa shape index (κ1) is 24.5. The van der Waals surface area contributed by atoms with Crippen molar-refractivity contribution >= 4 is 17.5 Å². The molecule has 2 amide bonds. The number of ether oxygens (including phenoxy) is 4. The summed E-state index contributed by atoms with van der Waals surface area (Å²) in [7, 11) is 4.46. The molecule has 1 aromatic heterocycles. The molecule has 0 aliphatic heterocycles. The van der Waals surface area contributed by atoms with Crippen molar-refractivity contribution in [2.45, 2.75) is 26.8 Å². The van der Waals surface area contributed by atoms with Gasteiger partial charge in [0, 0.05) is 29.8 Å². The van der Waals surface area contributed by atoms with Gasteiger partial charge in [0.25, 0.3) is 17.8 Å². The van der Waals surface area contributed by atoms with Crippen LogP contribution in [0.4, 0.5) is 5.69 Å². The molecule has 3 rings (SSSR count). The number of hydrogen-bond donors (Lipinski definition) is 2. The van der Waals surface area contributed by atoms with Crippen molar-refractivity contribution in [1.82, 2.24) is 5.32 Å². The summed E-state index contributed by atoms with van der Waals surface area (Å²) in [5, 5.41) is 5.57. The molecule has 9 nitrogen and oxygen atoms in total. The van der Waals surface area contributed by atoms with E-state index in [1.54, 1.807) is 30.3 Å². The molecule has 3 aromatic rings. The number of nitrogens with one attached hydrogen (secondary N) is 2. The summed E-state index contributed by atoms with van der Waals surface area (Å²) in [6, 6.07) is 11.4. The van der Waals surface area contributed by atoms with Crippen LogP contribution in [0.1, 0.15) is 40.3 Å². The molecule has 0 spiro atoms. The summed E-state index contributed by atoms with van der Waals surface area (Å²) in [6.07, 6.45) is 0. The highest BCUT2D eigenvalue weighted by atomic mass is 16.6. The van der Waals surface area contributed by atoms with Crippen molar-refractivity contribution in [2.24, 2.45) is 0 Å². The number of anilines is 1. The Morgan fingerprint density at radius 2 is 1.53 bits per heavy atom. The van der Waals surface area contributed by atoms with Gasteiger partial charge in [-0.3, -0.25) is 9.59 Å². The second kappa shape index (κ2) is 10.7. The smallest absolute Gasteiger partial charge is 0.291 e. The largest absolute Gasteiger partial charge is 0.496 e. The Kier molecular flexibility index (Phi) is 7.68. The SMILES string of the molecule is COc1cc(OC)c(NC(=O)c2ccc(Oc3cc(C(=O)NC(C)C)ccc3C)o2)c(OC)c1. The lowest BCUT2D eigenvalue weighted by molar-refractivity contribution is 0.0942. The molecular weight excluding hydrogens is 440 g/mol. The number of carbonyl (C=O) groups is 2. The van der Waals surface area contributed by atoms with Crippen molar-refractivity contribution in [2.75, 3.05) is 26.6 Å². The molecule has 0 bridgehead atoms. The molecule has 34 heavy (non-hydrogen) atoms. The molecule has 9 heteroatoms. The quantitative estimate of drug-likeness (QED) is 0.464. The van der Waals surface area contributed by atoms with Crippen LogP contribution in [0.5, 0.6) is 28.9 Å². The number of carbonyl (C=O) groups excluding carboxylic acids is 2. The summed E-state index contributed by atoms with van der Waals surface area (Å²) in [5.41, 5.74) is 1.59. The average molecular weight is 469 g/mol. The Morgan fingerprint density at radius 3 is 2.12 bits per heavy atom. The minimum Gasteiger partial charge on any atom is -0.496 e. The van der Waals surface area contributed by atoms with Gasteiger partial charge in [0.1, 0.15) is 28.7 Å². The lowest BCUT2D eigenvalue weighted by Crippen LogP contribution is -2.30. The van der Waals surface area contributed by atoms with Gasteiger partial charge in [-0.2, -0.15) is 0 Å². The standard InChI is InChI=1S/C25H28N2O7/c1-14(2)26-24(28)16-8-7-15(3)19(11-16)34-22-10-9-18(33-22)25(29)27-23-20(31-5)12-17(30-4)13-21(23)32-6/h7-14H,1-6H3,(H,26,28)(H,27,29). The van der Waals surface area contributed by atoms with Crippen LogP contribution in [-0.2, 0) is 0 Å². The molecule has 0 aliphatic carbocycles. The fraction of sp³-hybridized carbons (Fsp3) is 0.280. The van der Waals surface area contributed by atoms with E-state index < -0.39 is 5.91 Å². The van der Waals surface area contributed by atoms with Gasteiger partial charge in [-0.25, -0.2) is 0 Å². The van der Waals surface area contributed by atoms with Gasteiger partial charge in [0.2, 0.25) is 0 Å². The van der Waals surface area contributed by atoms with Gasteiger partial charge in [-0.05, 0) is 44.5 Å². The highest BCUT2D eigenvalue weighted by Gasteiger charge is 2.20. The van der Waals surface area contributed by atoms with E-state index >= 15 is 0 Å². The number of methoxy groups -OCH3 is 3. The van der Waals surface area contributed by atoms with Crippen LogP contribution in [0.25, 0.3) is 0 Å². The molecule has 0 radical (unpaired) electrons. The van der Waals surface area contributed by atoms with E-state index in [4.69, 9.17) is 23.4 Å². The first-order valence-corrected chi connectivity index (χ1v) is 10.6. The average Bonchev–Trinajstić information content (AvgIpc) is 3.28. The van der Waals surface area contributed by atoms with E-state index in [2.05, 4.69) is 10.6 Å². The maximum absolute atomic E-state index is 12.8. The van der Waals surface area contributed by atoms with Gasteiger partial charge in [-0.1, -0.05) is 6.07 Å². The summed E-state index contributed by atoms with van der Waals surface area (Å²) >= 11 is 0. The first-order valence-electron chi connectivity index (χ1n) is 10.6. The van der Waals surface area contributed by atoms with E-state index in [9.17, 15) is 9.59 Å². The molecule has 0 saturated heterocycles. The maximum Gasteiger partial charge on any atom is 0.291 e. The van der Waals surface area contributed by atoms with Gasteiger partial charge in [-0.15, -0.1) is 0 Å². The molecule has 180 valence electrons. The summed E-state index contributed by atoms with van der Waals surface area (Å²) in [5.74, 6) is 1.06. The Morgan fingerprint density at radius 1 is 0.853 bits per heavy atom. The number of rotatable bonds is 9. The van der Waals surface area contributed by atoms with Crippen molar-refractivity contribution in [3.8, 4) is 28.9 Å². The predicted octanol–water partition coefficient (Wildman–Crippen LogP) is 4.80. The summed E-state index contributed by atoms with van der Waals surface area (Å²) in [6.45, 7) is 5.62. The molecule has 0 saturated carbocycles. The first-order chi connectivity index (χ1) is 16.2. The predicted molar refractivity (Wildman–Crippen MR) is 127 cm³/mol. The van der Waals surface area contributed by atoms with E-state index in [0.717, 1.165) is 5.56 Å². The summed E-state index contributed by atoms with van der Waals surface area (Å²) in [4.78, 5) is 25.1. The number of hydrogen-bond acceptors (Lipinski definition) is 7. The van der Waals surface area contributed by atoms with Gasteiger partial charge in [0.15, 0.2) is 5.76 Å². The zero-order valence-electron chi connectivity index (χ0n) is 20.0. The third kappa shape index (κ3) is 5.61. The second-order valence-corrected chi connectivity index (χ2v) is 7.69. The summed E-state index contributed by atoms with van der Waals surface area (Å²) < 4.78 is 27.3. The molecular formula is C25H28N2O7. The Hall–Kier alpha value is -4.14. The molecule has 0 aliphatic rings. The zero-order valence-corrected chi connectivity index (χ0v) is 20.0. The van der Waals surface area contributed by atoms with Crippen LogP contribution < -0.4 is 29.6 Å². The number of furan rings is 1. The van der Waals surface area contributed by atoms with Crippen molar-refractivity contribution in [3.63, 3.8) is 0 Å². The molecule has 0 atom stereocenters. The van der Waals surface area contributed by atoms with E-state index in [0.29, 0.717) is 34.2 Å².